The van der Waals surface area contributed by atoms with Crippen LogP contribution in [0.1, 0.15) is 104 Å². The van der Waals surface area contributed by atoms with E-state index in [4.69, 9.17) is 0 Å². The molecule has 0 unspecified atom stereocenters. The molecule has 0 aromatic heterocycles. The SMILES string of the molecule is Cc1cc(C)c([P@]2CCCC[P@@](c3c(C)cc(C)cc3C)CN(Cc3ccccc3)C[P@@](c3c(C)cc(C)cc3C)CCCC[P@@](c3c(C)cc(C)cc3C)CN(Cc3ccccc3)C2)c(C)c1. The summed E-state index contributed by atoms with van der Waals surface area (Å²) in [6, 6.07) is 42.6. The van der Waals surface area contributed by atoms with Gasteiger partial charge in [0, 0.05) is 38.2 Å². The third kappa shape index (κ3) is 14.1. The van der Waals surface area contributed by atoms with Gasteiger partial charge in [-0.15, -0.1) is 0 Å². The molecule has 0 amide bonds. The molecule has 1 aliphatic rings. The quantitative estimate of drug-likeness (QED) is 0.140. The van der Waals surface area contributed by atoms with Crippen molar-refractivity contribution in [2.75, 3.05) is 49.8 Å². The van der Waals surface area contributed by atoms with Crippen molar-refractivity contribution in [3.05, 3.63) is 187 Å². The van der Waals surface area contributed by atoms with Crippen LogP contribution in [0.25, 0.3) is 0 Å². The summed E-state index contributed by atoms with van der Waals surface area (Å²) in [4.78, 5) is 5.90. The van der Waals surface area contributed by atoms with Crippen LogP contribution in [0, 0.1) is 83.1 Å². The van der Waals surface area contributed by atoms with Crippen LogP contribution in [0.4, 0.5) is 0 Å². The van der Waals surface area contributed by atoms with Gasteiger partial charge in [-0.3, -0.25) is 9.80 Å². The molecule has 1 heterocycles. The van der Waals surface area contributed by atoms with E-state index in [0.29, 0.717) is 0 Å². The Balaban J connectivity index is 1.34. The minimum atomic E-state index is -0.427. The standard InChI is InChI=1S/C62H82N2P4/c1-45-31-49(5)59(50(6)32-45)65-27-19-20-28-67(61-53(9)35-47(3)36-54(61)10)43-64(40-58-25-17-14-18-26-58)44-68(62-55(11)37-48(4)38-56(62)12)30-22-21-29-66(60-51(7)33-46(2)34-52(60)8)42-63(41-65)39-57-23-15-13-16-24-57/h13-18,23-26,31-38H,19-22,27-30,39-44H2,1-12H3/t65-,66-,67-,68+/m1/s1. The van der Waals surface area contributed by atoms with Crippen molar-refractivity contribution in [3.8, 4) is 0 Å². The van der Waals surface area contributed by atoms with Crippen LogP contribution in [0.2, 0.25) is 0 Å². The molecule has 0 aliphatic carbocycles. The molecule has 0 bridgehead atoms. The van der Waals surface area contributed by atoms with E-state index in [2.05, 4.69) is 202 Å². The van der Waals surface area contributed by atoms with E-state index >= 15 is 0 Å². The molecule has 1 fully saturated rings. The third-order valence-corrected chi connectivity index (χ3v) is 25.7. The first kappa shape index (κ1) is 52.8. The van der Waals surface area contributed by atoms with Crippen molar-refractivity contribution in [2.45, 2.75) is 122 Å². The van der Waals surface area contributed by atoms with Gasteiger partial charge in [-0.05, 0) is 210 Å². The van der Waals surface area contributed by atoms with E-state index in [1.807, 2.05) is 0 Å². The average molecular weight is 979 g/mol. The van der Waals surface area contributed by atoms with Gasteiger partial charge in [-0.1, -0.05) is 163 Å². The molecular formula is C62H82N2P4. The maximum Gasteiger partial charge on any atom is 0.0241 e. The van der Waals surface area contributed by atoms with E-state index in [1.165, 1.54) is 128 Å². The van der Waals surface area contributed by atoms with Gasteiger partial charge in [0.25, 0.3) is 0 Å². The third-order valence-electron chi connectivity index (χ3n) is 14.0. The number of hydrogen-bond acceptors (Lipinski definition) is 2. The lowest BCUT2D eigenvalue weighted by Gasteiger charge is -2.35. The van der Waals surface area contributed by atoms with Crippen LogP contribution >= 0.6 is 31.7 Å². The maximum absolute atomic E-state index is 2.95. The largest absolute Gasteiger partial charge is 0.290 e. The first-order valence-corrected chi connectivity index (χ1v) is 32.3. The van der Waals surface area contributed by atoms with Gasteiger partial charge in [-0.25, -0.2) is 0 Å². The van der Waals surface area contributed by atoms with Crippen molar-refractivity contribution < 1.29 is 0 Å². The van der Waals surface area contributed by atoms with Crippen LogP contribution in [0.3, 0.4) is 0 Å². The Morgan fingerprint density at radius 3 is 0.721 bits per heavy atom. The normalized spacial score (nSPS) is 19.9. The van der Waals surface area contributed by atoms with E-state index < -0.39 is 31.7 Å². The fourth-order valence-corrected chi connectivity index (χ4v) is 23.8. The molecule has 2 nitrogen and oxygen atoms in total. The summed E-state index contributed by atoms with van der Waals surface area (Å²) in [5.74, 6) is 0. The van der Waals surface area contributed by atoms with Crippen LogP contribution in [-0.4, -0.2) is 59.6 Å². The first-order chi connectivity index (χ1) is 32.6. The van der Waals surface area contributed by atoms with Gasteiger partial charge in [0.15, 0.2) is 0 Å². The Morgan fingerprint density at radius 1 is 0.309 bits per heavy atom. The summed E-state index contributed by atoms with van der Waals surface area (Å²) >= 11 is 0. The molecule has 4 atom stereocenters. The highest BCUT2D eigenvalue weighted by molar-refractivity contribution is 7.67. The number of nitrogens with zero attached hydrogens (tertiary/aromatic N) is 2. The average Bonchev–Trinajstić information content (AvgIpc) is 3.25. The Hall–Kier alpha value is -3.04. The minimum Gasteiger partial charge on any atom is -0.290 e. The summed E-state index contributed by atoms with van der Waals surface area (Å²) in [5, 5.41) is 6.67. The number of aryl methyl sites for hydroxylation is 12. The fourth-order valence-electron chi connectivity index (χ4n) is 11.8. The van der Waals surface area contributed by atoms with Crippen molar-refractivity contribution in [1.82, 2.24) is 9.80 Å². The van der Waals surface area contributed by atoms with Crippen molar-refractivity contribution in [1.29, 1.82) is 0 Å². The van der Waals surface area contributed by atoms with Crippen LogP contribution < -0.4 is 21.2 Å². The highest BCUT2D eigenvalue weighted by atomic mass is 31.1. The second kappa shape index (κ2) is 24.9. The van der Waals surface area contributed by atoms with Gasteiger partial charge in [-0.2, -0.15) is 0 Å². The fraction of sp³-hybridized carbons (Fsp3) is 0.419. The molecule has 6 heteroatoms. The molecule has 0 radical (unpaired) electrons. The molecule has 1 saturated heterocycles. The van der Waals surface area contributed by atoms with Gasteiger partial charge in [0.1, 0.15) is 0 Å². The zero-order valence-corrected chi connectivity index (χ0v) is 47.6. The lowest BCUT2D eigenvalue weighted by atomic mass is 10.1. The minimum absolute atomic E-state index is 0.427. The molecule has 6 aromatic carbocycles. The maximum atomic E-state index is 2.95. The van der Waals surface area contributed by atoms with Crippen molar-refractivity contribution >= 4 is 52.9 Å². The van der Waals surface area contributed by atoms with Crippen LogP contribution in [0.5, 0.6) is 0 Å². The predicted molar refractivity (Wildman–Crippen MR) is 310 cm³/mol. The summed E-state index contributed by atoms with van der Waals surface area (Å²) in [6.45, 7) is 30.5. The molecule has 1 aliphatic heterocycles. The number of benzene rings is 6. The highest BCUT2D eigenvalue weighted by Crippen LogP contribution is 2.48. The second-order valence-corrected chi connectivity index (χ2v) is 29.7. The van der Waals surface area contributed by atoms with Crippen LogP contribution in [0.15, 0.2) is 109 Å². The Kier molecular flexibility index (Phi) is 19.3. The van der Waals surface area contributed by atoms with Crippen molar-refractivity contribution in [3.63, 3.8) is 0 Å². The smallest absolute Gasteiger partial charge is 0.0241 e. The van der Waals surface area contributed by atoms with E-state index in [9.17, 15) is 0 Å². The molecule has 6 aromatic rings. The Bertz CT molecular complexity index is 2190. The van der Waals surface area contributed by atoms with Crippen molar-refractivity contribution in [2.24, 2.45) is 0 Å². The first-order valence-electron chi connectivity index (χ1n) is 25.5. The zero-order valence-electron chi connectivity index (χ0n) is 44.0. The monoisotopic (exact) mass is 979 g/mol. The Labute approximate surface area is 419 Å². The zero-order chi connectivity index (χ0) is 48.5. The summed E-state index contributed by atoms with van der Waals surface area (Å²) in [7, 11) is -1.71. The lowest BCUT2D eigenvalue weighted by molar-refractivity contribution is 0.364. The molecule has 0 saturated carbocycles. The van der Waals surface area contributed by atoms with Gasteiger partial charge in [0.2, 0.25) is 0 Å². The summed E-state index contributed by atoms with van der Waals surface area (Å²) < 4.78 is 0. The summed E-state index contributed by atoms with van der Waals surface area (Å²) in [6.07, 6.45) is 14.9. The van der Waals surface area contributed by atoms with E-state index in [1.54, 1.807) is 21.2 Å². The molecular weight excluding hydrogens is 897 g/mol. The number of hydrogen-bond donors (Lipinski definition) is 0. The highest BCUT2D eigenvalue weighted by Gasteiger charge is 2.28. The molecule has 7 rings (SSSR count). The predicted octanol–water partition coefficient (Wildman–Crippen LogP) is 15.3. The van der Waals surface area contributed by atoms with E-state index in [0.717, 1.165) is 38.2 Å². The second-order valence-electron chi connectivity index (χ2n) is 20.7. The van der Waals surface area contributed by atoms with E-state index in [-0.39, 0.29) is 0 Å². The van der Waals surface area contributed by atoms with Gasteiger partial charge < -0.3 is 0 Å². The summed E-state index contributed by atoms with van der Waals surface area (Å²) in [5.41, 5.74) is 20.5. The van der Waals surface area contributed by atoms with Crippen LogP contribution in [-0.2, 0) is 13.1 Å². The molecule has 0 N–H and O–H groups in total. The molecule has 360 valence electrons. The lowest BCUT2D eigenvalue weighted by Crippen LogP contribution is -2.31. The number of rotatable bonds is 8. The molecule has 0 spiro atoms. The Morgan fingerprint density at radius 2 is 0.515 bits per heavy atom. The van der Waals surface area contributed by atoms with Gasteiger partial charge >= 0.3 is 0 Å². The van der Waals surface area contributed by atoms with Gasteiger partial charge in [0.05, 0.1) is 0 Å². The topological polar surface area (TPSA) is 6.48 Å². The molecule has 68 heavy (non-hydrogen) atoms.